The van der Waals surface area contributed by atoms with Crippen LogP contribution in [0.15, 0.2) is 28.9 Å². The molecule has 3 aliphatic carbocycles. The van der Waals surface area contributed by atoms with Crippen LogP contribution in [0.25, 0.3) is 0 Å². The maximum Gasteiger partial charge on any atom is 0.108 e. The van der Waals surface area contributed by atoms with E-state index >= 15 is 0 Å². The van der Waals surface area contributed by atoms with E-state index in [-0.39, 0.29) is 0 Å². The second-order valence-electron chi connectivity index (χ2n) is 6.19. The van der Waals surface area contributed by atoms with E-state index in [9.17, 15) is 0 Å². The van der Waals surface area contributed by atoms with Gasteiger partial charge in [0.1, 0.15) is 5.76 Å². The average molecular weight is 243 g/mol. The van der Waals surface area contributed by atoms with Gasteiger partial charge in [0.25, 0.3) is 0 Å². The molecule has 4 unspecified atom stereocenters. The van der Waals surface area contributed by atoms with Gasteiger partial charge in [0.2, 0.25) is 0 Å². The van der Waals surface area contributed by atoms with Gasteiger partial charge in [-0.3, -0.25) is 0 Å². The molecule has 0 radical (unpaired) electrons. The smallest absolute Gasteiger partial charge is 0.108 e. The van der Waals surface area contributed by atoms with Crippen molar-refractivity contribution in [1.29, 1.82) is 0 Å². The summed E-state index contributed by atoms with van der Waals surface area (Å²) in [6.07, 6.45) is 13.2. The van der Waals surface area contributed by atoms with Gasteiger partial charge in [-0.1, -0.05) is 12.2 Å². The summed E-state index contributed by atoms with van der Waals surface area (Å²) in [6, 6.07) is 2.70. The van der Waals surface area contributed by atoms with E-state index in [0.29, 0.717) is 6.04 Å². The maximum atomic E-state index is 5.56. The van der Waals surface area contributed by atoms with Gasteiger partial charge < -0.3 is 9.73 Å². The first-order valence-corrected chi connectivity index (χ1v) is 7.38. The summed E-state index contributed by atoms with van der Waals surface area (Å²) in [5.41, 5.74) is 1.42. The zero-order valence-corrected chi connectivity index (χ0v) is 10.8. The van der Waals surface area contributed by atoms with Crippen molar-refractivity contribution in [2.24, 2.45) is 17.8 Å². The molecule has 1 saturated carbocycles. The zero-order chi connectivity index (χ0) is 11.9. The standard InChI is InChI=1S/C16H21NO/c1-2-15(14-6-7-18-16(14)3-1)17-10-13-9-11-4-5-12(13)8-11/h4-7,11-13,15,17H,1-3,8-10H2. The predicted molar refractivity (Wildman–Crippen MR) is 71.2 cm³/mol. The normalized spacial score (nSPS) is 37.1. The minimum absolute atomic E-state index is 0.538. The van der Waals surface area contributed by atoms with Crippen molar-refractivity contribution in [3.63, 3.8) is 0 Å². The second-order valence-corrected chi connectivity index (χ2v) is 6.19. The summed E-state index contributed by atoms with van der Waals surface area (Å²) in [5, 5.41) is 3.80. The molecular weight excluding hydrogens is 222 g/mol. The molecule has 0 aliphatic heterocycles. The van der Waals surface area contributed by atoms with Gasteiger partial charge in [0, 0.05) is 18.0 Å². The Hall–Kier alpha value is -1.02. The van der Waals surface area contributed by atoms with Crippen molar-refractivity contribution in [2.75, 3.05) is 6.54 Å². The molecule has 0 amide bonds. The highest BCUT2D eigenvalue weighted by Gasteiger charge is 2.35. The number of fused-ring (bicyclic) bond motifs is 3. The molecule has 2 bridgehead atoms. The fourth-order valence-electron chi connectivity index (χ4n) is 4.12. The van der Waals surface area contributed by atoms with E-state index in [2.05, 4.69) is 23.5 Å². The molecular formula is C16H21NO. The topological polar surface area (TPSA) is 25.2 Å². The monoisotopic (exact) mass is 243 g/mol. The van der Waals surface area contributed by atoms with Crippen LogP contribution in [-0.2, 0) is 6.42 Å². The molecule has 96 valence electrons. The summed E-state index contributed by atoms with van der Waals surface area (Å²) < 4.78 is 5.56. The molecule has 0 aromatic carbocycles. The summed E-state index contributed by atoms with van der Waals surface area (Å²) >= 11 is 0. The average Bonchev–Trinajstić information content (AvgIpc) is 3.11. The Morgan fingerprint density at radius 1 is 1.28 bits per heavy atom. The van der Waals surface area contributed by atoms with Crippen molar-refractivity contribution < 1.29 is 4.42 Å². The molecule has 1 aromatic rings. The van der Waals surface area contributed by atoms with Crippen LogP contribution in [0.5, 0.6) is 0 Å². The summed E-state index contributed by atoms with van der Waals surface area (Å²) in [5.74, 6) is 3.83. The number of furan rings is 1. The molecule has 1 N–H and O–H groups in total. The third kappa shape index (κ3) is 1.74. The van der Waals surface area contributed by atoms with Gasteiger partial charge in [-0.25, -0.2) is 0 Å². The van der Waals surface area contributed by atoms with E-state index in [1.54, 1.807) is 0 Å². The third-order valence-electron chi connectivity index (χ3n) is 5.09. The lowest BCUT2D eigenvalue weighted by atomic mass is 9.90. The maximum absolute atomic E-state index is 5.56. The van der Waals surface area contributed by atoms with Gasteiger partial charge in [0.15, 0.2) is 0 Å². The Balaban J connectivity index is 1.40. The molecule has 3 aliphatic rings. The number of aryl methyl sites for hydroxylation is 1. The molecule has 1 aromatic heterocycles. The molecule has 2 nitrogen and oxygen atoms in total. The van der Waals surface area contributed by atoms with Crippen molar-refractivity contribution in [2.45, 2.75) is 38.1 Å². The van der Waals surface area contributed by atoms with Gasteiger partial charge in [-0.05, 0) is 56.0 Å². The van der Waals surface area contributed by atoms with E-state index < -0.39 is 0 Å². The largest absolute Gasteiger partial charge is 0.469 e. The highest BCUT2D eigenvalue weighted by Crippen LogP contribution is 2.43. The molecule has 1 heterocycles. The number of rotatable bonds is 3. The molecule has 0 spiro atoms. The lowest BCUT2D eigenvalue weighted by Crippen LogP contribution is -2.30. The lowest BCUT2D eigenvalue weighted by Gasteiger charge is -2.26. The van der Waals surface area contributed by atoms with Crippen LogP contribution in [0.4, 0.5) is 0 Å². The summed E-state index contributed by atoms with van der Waals surface area (Å²) in [4.78, 5) is 0. The number of allylic oxidation sites excluding steroid dienone is 2. The Morgan fingerprint density at radius 3 is 3.11 bits per heavy atom. The fraction of sp³-hybridized carbons (Fsp3) is 0.625. The van der Waals surface area contributed by atoms with Crippen LogP contribution in [0.1, 0.15) is 43.0 Å². The molecule has 4 atom stereocenters. The highest BCUT2D eigenvalue weighted by atomic mass is 16.3. The zero-order valence-electron chi connectivity index (χ0n) is 10.8. The SMILES string of the molecule is C1=CC2CC1CC2CNC1CCCc2occc21. The van der Waals surface area contributed by atoms with Crippen LogP contribution in [-0.4, -0.2) is 6.54 Å². The Labute approximate surface area is 108 Å². The second kappa shape index (κ2) is 4.27. The molecule has 4 rings (SSSR count). The van der Waals surface area contributed by atoms with Crippen molar-refractivity contribution in [3.8, 4) is 0 Å². The van der Waals surface area contributed by atoms with Crippen molar-refractivity contribution in [1.82, 2.24) is 5.32 Å². The van der Waals surface area contributed by atoms with E-state index in [1.165, 1.54) is 43.6 Å². The van der Waals surface area contributed by atoms with Gasteiger partial charge in [0.05, 0.1) is 6.26 Å². The van der Waals surface area contributed by atoms with Crippen LogP contribution < -0.4 is 5.32 Å². The lowest BCUT2D eigenvalue weighted by molar-refractivity contribution is 0.355. The first kappa shape index (κ1) is 10.9. The molecule has 0 saturated heterocycles. The van der Waals surface area contributed by atoms with E-state index in [4.69, 9.17) is 4.42 Å². The summed E-state index contributed by atoms with van der Waals surface area (Å²) in [6.45, 7) is 1.18. The highest BCUT2D eigenvalue weighted by molar-refractivity contribution is 5.24. The first-order valence-electron chi connectivity index (χ1n) is 7.38. The number of hydrogen-bond acceptors (Lipinski definition) is 2. The minimum Gasteiger partial charge on any atom is -0.469 e. The van der Waals surface area contributed by atoms with Crippen molar-refractivity contribution >= 4 is 0 Å². The number of nitrogens with one attached hydrogen (secondary N) is 1. The molecule has 2 heteroatoms. The Bertz CT molecular complexity index is 461. The fourth-order valence-corrected chi connectivity index (χ4v) is 4.12. The van der Waals surface area contributed by atoms with Crippen LogP contribution in [0.2, 0.25) is 0 Å². The van der Waals surface area contributed by atoms with Gasteiger partial charge in [-0.2, -0.15) is 0 Å². The van der Waals surface area contributed by atoms with E-state index in [0.717, 1.165) is 24.2 Å². The third-order valence-corrected chi connectivity index (χ3v) is 5.09. The predicted octanol–water partition coefficient (Wildman–Crippen LogP) is 3.46. The Kier molecular flexibility index (Phi) is 2.58. The number of hydrogen-bond donors (Lipinski definition) is 1. The molecule has 18 heavy (non-hydrogen) atoms. The van der Waals surface area contributed by atoms with Gasteiger partial charge in [-0.15, -0.1) is 0 Å². The van der Waals surface area contributed by atoms with Gasteiger partial charge >= 0.3 is 0 Å². The van der Waals surface area contributed by atoms with Crippen LogP contribution >= 0.6 is 0 Å². The van der Waals surface area contributed by atoms with Crippen LogP contribution in [0.3, 0.4) is 0 Å². The first-order chi connectivity index (χ1) is 8.90. The molecule has 1 fully saturated rings. The van der Waals surface area contributed by atoms with Crippen molar-refractivity contribution in [3.05, 3.63) is 35.8 Å². The quantitative estimate of drug-likeness (QED) is 0.822. The van der Waals surface area contributed by atoms with Crippen LogP contribution in [0, 0.1) is 17.8 Å². The Morgan fingerprint density at radius 2 is 2.28 bits per heavy atom. The summed E-state index contributed by atoms with van der Waals surface area (Å²) in [7, 11) is 0. The minimum atomic E-state index is 0.538. The van der Waals surface area contributed by atoms with E-state index in [1.807, 2.05) is 6.26 Å².